The van der Waals surface area contributed by atoms with E-state index in [0.717, 1.165) is 0 Å². The van der Waals surface area contributed by atoms with E-state index in [4.69, 9.17) is 5.73 Å². The fraction of sp³-hybridized carbons (Fsp3) is 0.100. The van der Waals surface area contributed by atoms with Gasteiger partial charge in [0.2, 0.25) is 0 Å². The zero-order valence-electron chi connectivity index (χ0n) is 8.62. The Labute approximate surface area is 91.5 Å². The van der Waals surface area contributed by atoms with E-state index in [0.29, 0.717) is 16.9 Å². The van der Waals surface area contributed by atoms with Crippen LogP contribution in [-0.4, -0.2) is 14.7 Å². The average Bonchev–Trinajstić information content (AvgIpc) is 2.61. The Bertz CT molecular complexity index is 548. The van der Waals surface area contributed by atoms with E-state index < -0.39 is 4.92 Å². The Balaban J connectivity index is 2.68. The van der Waals surface area contributed by atoms with Gasteiger partial charge in [-0.25, -0.2) is 0 Å². The largest absolute Gasteiger partial charge is 0.398 e. The number of nitrogens with two attached hydrogens (primary N) is 1. The highest BCUT2D eigenvalue weighted by atomic mass is 16.6. The molecule has 0 aliphatic carbocycles. The molecule has 0 saturated carbocycles. The smallest absolute Gasteiger partial charge is 0.314 e. The fourth-order valence-electron chi connectivity index (χ4n) is 1.58. The van der Waals surface area contributed by atoms with Crippen LogP contribution in [0.4, 0.5) is 11.4 Å². The molecule has 0 aliphatic rings. The number of nitro groups is 1. The number of nitrogen functional groups attached to an aromatic ring is 1. The quantitative estimate of drug-likeness (QED) is 0.471. The molecule has 0 fully saturated rings. The van der Waals surface area contributed by atoms with Gasteiger partial charge in [0, 0.05) is 18.3 Å². The minimum atomic E-state index is -0.464. The summed E-state index contributed by atoms with van der Waals surface area (Å²) in [6.07, 6.45) is 1.22. The molecule has 0 atom stereocenters. The van der Waals surface area contributed by atoms with E-state index in [2.05, 4.69) is 5.10 Å². The zero-order chi connectivity index (χ0) is 11.7. The predicted octanol–water partition coefficient (Wildman–Crippen LogP) is 1.58. The van der Waals surface area contributed by atoms with Crippen LogP contribution < -0.4 is 5.73 Å². The van der Waals surface area contributed by atoms with Crippen molar-refractivity contribution in [2.75, 3.05) is 5.73 Å². The number of nitrogens with zero attached hydrogens (tertiary/aromatic N) is 3. The van der Waals surface area contributed by atoms with Crippen molar-refractivity contribution in [3.05, 3.63) is 40.6 Å². The van der Waals surface area contributed by atoms with Crippen LogP contribution in [0.15, 0.2) is 30.5 Å². The van der Waals surface area contributed by atoms with Gasteiger partial charge < -0.3 is 5.73 Å². The van der Waals surface area contributed by atoms with E-state index in [-0.39, 0.29) is 5.69 Å². The highest BCUT2D eigenvalue weighted by Crippen LogP contribution is 2.32. The van der Waals surface area contributed by atoms with E-state index in [1.807, 2.05) is 0 Å². The lowest BCUT2D eigenvalue weighted by Crippen LogP contribution is -1.99. The van der Waals surface area contributed by atoms with Crippen molar-refractivity contribution in [1.82, 2.24) is 9.78 Å². The van der Waals surface area contributed by atoms with Crippen LogP contribution in [0, 0.1) is 10.1 Å². The molecule has 82 valence electrons. The Morgan fingerprint density at radius 2 is 2.12 bits per heavy atom. The number of para-hydroxylation sites is 1. The minimum Gasteiger partial charge on any atom is -0.398 e. The molecule has 0 unspecified atom stereocenters. The van der Waals surface area contributed by atoms with Gasteiger partial charge in [0.15, 0.2) is 0 Å². The van der Waals surface area contributed by atoms with Gasteiger partial charge in [-0.15, -0.1) is 0 Å². The van der Waals surface area contributed by atoms with Crippen LogP contribution in [-0.2, 0) is 7.05 Å². The normalized spacial score (nSPS) is 10.3. The first-order valence-corrected chi connectivity index (χ1v) is 4.62. The van der Waals surface area contributed by atoms with Crippen LogP contribution in [0.25, 0.3) is 11.3 Å². The topological polar surface area (TPSA) is 87.0 Å². The molecule has 6 nitrogen and oxygen atoms in total. The Morgan fingerprint density at radius 1 is 1.44 bits per heavy atom. The van der Waals surface area contributed by atoms with Gasteiger partial charge in [-0.1, -0.05) is 18.2 Å². The van der Waals surface area contributed by atoms with Crippen molar-refractivity contribution in [1.29, 1.82) is 0 Å². The highest BCUT2D eigenvalue weighted by molar-refractivity contribution is 5.79. The lowest BCUT2D eigenvalue weighted by atomic mass is 10.1. The third-order valence-electron chi connectivity index (χ3n) is 2.33. The van der Waals surface area contributed by atoms with Crippen LogP contribution >= 0.6 is 0 Å². The summed E-state index contributed by atoms with van der Waals surface area (Å²) in [4.78, 5) is 10.4. The van der Waals surface area contributed by atoms with Gasteiger partial charge in [0.1, 0.15) is 11.9 Å². The Morgan fingerprint density at radius 3 is 2.75 bits per heavy atom. The summed E-state index contributed by atoms with van der Waals surface area (Å²) >= 11 is 0. The van der Waals surface area contributed by atoms with Gasteiger partial charge in [0.25, 0.3) is 0 Å². The predicted molar refractivity (Wildman–Crippen MR) is 59.7 cm³/mol. The first kappa shape index (κ1) is 10.2. The monoisotopic (exact) mass is 218 g/mol. The van der Waals surface area contributed by atoms with E-state index >= 15 is 0 Å². The number of aromatic nitrogens is 2. The van der Waals surface area contributed by atoms with Crippen LogP contribution in [0.3, 0.4) is 0 Å². The Hall–Kier alpha value is -2.37. The summed E-state index contributed by atoms with van der Waals surface area (Å²) in [5.41, 5.74) is 7.28. The minimum absolute atomic E-state index is 0.0413. The van der Waals surface area contributed by atoms with Crippen LogP contribution in [0.5, 0.6) is 0 Å². The van der Waals surface area contributed by atoms with Gasteiger partial charge in [-0.2, -0.15) is 5.10 Å². The molecule has 2 N–H and O–H groups in total. The number of anilines is 1. The number of benzene rings is 1. The first-order chi connectivity index (χ1) is 7.61. The molecule has 16 heavy (non-hydrogen) atoms. The molecule has 0 bridgehead atoms. The molecule has 1 heterocycles. The van der Waals surface area contributed by atoms with Gasteiger partial charge in [-0.05, 0) is 6.07 Å². The van der Waals surface area contributed by atoms with Crippen molar-refractivity contribution >= 4 is 11.4 Å². The van der Waals surface area contributed by atoms with Gasteiger partial charge in [-0.3, -0.25) is 14.8 Å². The van der Waals surface area contributed by atoms with E-state index in [1.54, 1.807) is 31.3 Å². The van der Waals surface area contributed by atoms with Crippen molar-refractivity contribution in [3.8, 4) is 11.3 Å². The van der Waals surface area contributed by atoms with Crippen LogP contribution in [0.1, 0.15) is 0 Å². The average molecular weight is 218 g/mol. The molecule has 0 spiro atoms. The number of hydrogen-bond donors (Lipinski definition) is 1. The van der Waals surface area contributed by atoms with Crippen molar-refractivity contribution < 1.29 is 4.92 Å². The molecular formula is C10H10N4O2. The summed E-state index contributed by atoms with van der Waals surface area (Å²) in [5, 5.41) is 14.7. The summed E-state index contributed by atoms with van der Waals surface area (Å²) in [7, 11) is 1.65. The van der Waals surface area contributed by atoms with Gasteiger partial charge in [0.05, 0.1) is 4.92 Å². The lowest BCUT2D eigenvalue weighted by molar-refractivity contribution is -0.384. The number of aryl methyl sites for hydroxylation is 1. The number of rotatable bonds is 2. The molecule has 2 aromatic rings. The van der Waals surface area contributed by atoms with Crippen LogP contribution in [0.2, 0.25) is 0 Å². The molecule has 0 saturated heterocycles. The molecule has 1 aromatic carbocycles. The number of hydrogen-bond acceptors (Lipinski definition) is 4. The molecule has 6 heteroatoms. The van der Waals surface area contributed by atoms with E-state index in [9.17, 15) is 10.1 Å². The second-order valence-electron chi connectivity index (χ2n) is 3.35. The zero-order valence-corrected chi connectivity index (χ0v) is 8.62. The SMILES string of the molecule is Cn1ncc([N+](=O)[O-])c1-c1ccccc1N. The van der Waals surface area contributed by atoms with Crippen molar-refractivity contribution in [2.45, 2.75) is 0 Å². The molecule has 1 aromatic heterocycles. The molecule has 0 amide bonds. The molecular weight excluding hydrogens is 208 g/mol. The molecule has 0 aliphatic heterocycles. The summed E-state index contributed by atoms with van der Waals surface area (Å²) in [6.45, 7) is 0. The summed E-state index contributed by atoms with van der Waals surface area (Å²) in [6, 6.07) is 6.99. The summed E-state index contributed by atoms with van der Waals surface area (Å²) in [5.74, 6) is 0. The molecule has 2 rings (SSSR count). The fourth-order valence-corrected chi connectivity index (χ4v) is 1.58. The van der Waals surface area contributed by atoms with Gasteiger partial charge >= 0.3 is 5.69 Å². The van der Waals surface area contributed by atoms with Crippen molar-refractivity contribution in [3.63, 3.8) is 0 Å². The third-order valence-corrected chi connectivity index (χ3v) is 2.33. The summed E-state index contributed by atoms with van der Waals surface area (Å²) < 4.78 is 1.45. The maximum Gasteiger partial charge on any atom is 0.314 e. The highest BCUT2D eigenvalue weighted by Gasteiger charge is 2.21. The first-order valence-electron chi connectivity index (χ1n) is 4.62. The van der Waals surface area contributed by atoms with Crippen molar-refractivity contribution in [2.24, 2.45) is 7.05 Å². The maximum atomic E-state index is 10.8. The second-order valence-corrected chi connectivity index (χ2v) is 3.35. The van der Waals surface area contributed by atoms with E-state index in [1.165, 1.54) is 10.9 Å². The standard InChI is InChI=1S/C10H10N4O2/c1-13-10(9(6-12-13)14(15)16)7-4-2-3-5-8(7)11/h2-6H,11H2,1H3. The second kappa shape index (κ2) is 3.65. The third kappa shape index (κ3) is 1.50. The maximum absolute atomic E-state index is 10.8. The lowest BCUT2D eigenvalue weighted by Gasteiger charge is -2.04. The molecule has 0 radical (unpaired) electrons. The Kier molecular flexibility index (Phi) is 2.32.